The number of aromatic nitrogens is 2. The highest BCUT2D eigenvalue weighted by Gasteiger charge is 2.14. The second kappa shape index (κ2) is 9.80. The van der Waals surface area contributed by atoms with Crippen molar-refractivity contribution in [3.8, 4) is 5.69 Å². The molecule has 0 saturated carbocycles. The molecule has 4 rings (SSSR count). The van der Waals surface area contributed by atoms with Crippen molar-refractivity contribution in [1.29, 1.82) is 0 Å². The van der Waals surface area contributed by atoms with Gasteiger partial charge in [0.05, 0.1) is 28.6 Å². The molecule has 32 heavy (non-hydrogen) atoms. The summed E-state index contributed by atoms with van der Waals surface area (Å²) in [4.78, 5) is 30.1. The van der Waals surface area contributed by atoms with Crippen LogP contribution in [0.4, 0.5) is 0 Å². The molecule has 1 amide bonds. The lowest BCUT2D eigenvalue weighted by molar-refractivity contribution is -0.118. The van der Waals surface area contributed by atoms with Crippen LogP contribution >= 0.6 is 23.4 Å². The first-order chi connectivity index (χ1) is 15.5. The Kier molecular flexibility index (Phi) is 6.68. The number of aryl methyl sites for hydroxylation is 1. The Balaban J connectivity index is 1.56. The van der Waals surface area contributed by atoms with Crippen LogP contribution in [0.15, 0.2) is 87.8 Å². The number of halogens is 1. The maximum Gasteiger partial charge on any atom is 0.266 e. The smallest absolute Gasteiger partial charge is 0.266 e. The van der Waals surface area contributed by atoms with Gasteiger partial charge in [-0.1, -0.05) is 65.3 Å². The van der Waals surface area contributed by atoms with Gasteiger partial charge in [0.1, 0.15) is 0 Å². The Morgan fingerprint density at radius 3 is 2.69 bits per heavy atom. The number of nitrogens with zero attached hydrogens (tertiary/aromatic N) is 3. The standard InChI is InChI=1S/C24H19ClN4O2S/c1-16-5-4-6-17(13-16)14-26-28-22(30)15-32-24-27-21-8-3-2-7-20(21)23(31)29(24)19-11-9-18(25)10-12-19/h2-14H,15H2,1H3,(H,28,30)/b26-14-. The molecule has 0 bridgehead atoms. The molecule has 0 saturated heterocycles. The second-order valence-corrected chi connectivity index (χ2v) is 8.40. The summed E-state index contributed by atoms with van der Waals surface area (Å²) in [5, 5.41) is 5.49. The van der Waals surface area contributed by atoms with Gasteiger partial charge in [0.25, 0.3) is 11.5 Å². The summed E-state index contributed by atoms with van der Waals surface area (Å²) < 4.78 is 1.49. The molecule has 160 valence electrons. The molecule has 3 aromatic carbocycles. The largest absolute Gasteiger partial charge is 0.272 e. The summed E-state index contributed by atoms with van der Waals surface area (Å²) in [5.41, 5.74) is 5.51. The van der Waals surface area contributed by atoms with Crippen molar-refractivity contribution < 1.29 is 4.79 Å². The van der Waals surface area contributed by atoms with Crippen LogP contribution < -0.4 is 11.0 Å². The van der Waals surface area contributed by atoms with E-state index in [9.17, 15) is 9.59 Å². The number of para-hydroxylation sites is 1. The summed E-state index contributed by atoms with van der Waals surface area (Å²) in [6, 6.07) is 21.8. The molecule has 0 fully saturated rings. The highest BCUT2D eigenvalue weighted by molar-refractivity contribution is 7.99. The van der Waals surface area contributed by atoms with Crippen LogP contribution in [0.2, 0.25) is 5.02 Å². The van der Waals surface area contributed by atoms with E-state index in [1.54, 1.807) is 48.7 Å². The third kappa shape index (κ3) is 5.07. The number of benzene rings is 3. The Bertz CT molecular complexity index is 1370. The molecule has 6 nitrogen and oxygen atoms in total. The molecule has 8 heteroatoms. The Morgan fingerprint density at radius 2 is 1.91 bits per heavy atom. The minimum absolute atomic E-state index is 0.0452. The molecule has 1 aromatic heterocycles. The van der Waals surface area contributed by atoms with Gasteiger partial charge in [-0.25, -0.2) is 10.4 Å². The first-order valence-corrected chi connectivity index (χ1v) is 11.2. The molecule has 0 aliphatic carbocycles. The maximum atomic E-state index is 13.2. The summed E-state index contributed by atoms with van der Waals surface area (Å²) in [7, 11) is 0. The third-order valence-corrected chi connectivity index (χ3v) is 5.80. The second-order valence-electron chi connectivity index (χ2n) is 7.02. The number of carbonyl (C=O) groups is 1. The zero-order chi connectivity index (χ0) is 22.5. The lowest BCUT2D eigenvalue weighted by atomic mass is 10.2. The van der Waals surface area contributed by atoms with Crippen LogP contribution in [0.25, 0.3) is 16.6 Å². The average molecular weight is 463 g/mol. The van der Waals surface area contributed by atoms with Crippen LogP contribution in [0, 0.1) is 6.92 Å². The van der Waals surface area contributed by atoms with Gasteiger partial charge in [0.2, 0.25) is 0 Å². The van der Waals surface area contributed by atoms with E-state index in [1.165, 1.54) is 4.57 Å². The number of hydrazone groups is 1. The van der Waals surface area contributed by atoms with E-state index in [0.717, 1.165) is 22.9 Å². The molecule has 0 atom stereocenters. The van der Waals surface area contributed by atoms with Crippen molar-refractivity contribution in [3.63, 3.8) is 0 Å². The number of rotatable bonds is 6. The van der Waals surface area contributed by atoms with Crippen molar-refractivity contribution in [2.45, 2.75) is 12.1 Å². The van der Waals surface area contributed by atoms with E-state index >= 15 is 0 Å². The zero-order valence-electron chi connectivity index (χ0n) is 17.2. The highest BCUT2D eigenvalue weighted by atomic mass is 35.5. The van der Waals surface area contributed by atoms with Crippen molar-refractivity contribution in [1.82, 2.24) is 15.0 Å². The SMILES string of the molecule is Cc1cccc(/C=N\NC(=O)CSc2nc3ccccc3c(=O)n2-c2ccc(Cl)cc2)c1. The van der Waals surface area contributed by atoms with Crippen molar-refractivity contribution in [3.05, 3.63) is 99.3 Å². The van der Waals surface area contributed by atoms with Crippen LogP contribution in [0.3, 0.4) is 0 Å². The van der Waals surface area contributed by atoms with Gasteiger partial charge in [0.15, 0.2) is 5.16 Å². The number of fused-ring (bicyclic) bond motifs is 1. The molecule has 0 radical (unpaired) electrons. The number of nitrogens with one attached hydrogen (secondary N) is 1. The molecule has 0 aliphatic heterocycles. The molecule has 0 spiro atoms. The molecule has 4 aromatic rings. The first kappa shape index (κ1) is 21.8. The average Bonchev–Trinajstić information content (AvgIpc) is 2.79. The lowest BCUT2D eigenvalue weighted by Gasteiger charge is -2.13. The molecular weight excluding hydrogens is 444 g/mol. The quantitative estimate of drug-likeness (QED) is 0.197. The summed E-state index contributed by atoms with van der Waals surface area (Å²) >= 11 is 7.17. The van der Waals surface area contributed by atoms with Gasteiger partial charge in [0, 0.05) is 5.02 Å². The molecule has 0 unspecified atom stereocenters. The van der Waals surface area contributed by atoms with Crippen LogP contribution in [0.5, 0.6) is 0 Å². The number of carbonyl (C=O) groups excluding carboxylic acids is 1. The monoisotopic (exact) mass is 462 g/mol. The van der Waals surface area contributed by atoms with E-state index < -0.39 is 0 Å². The first-order valence-electron chi connectivity index (χ1n) is 9.80. The fraction of sp³-hybridized carbons (Fsp3) is 0.0833. The van der Waals surface area contributed by atoms with Crippen LogP contribution in [-0.4, -0.2) is 27.4 Å². The molecule has 0 aliphatic rings. The van der Waals surface area contributed by atoms with Gasteiger partial charge in [-0.15, -0.1) is 0 Å². The molecule has 1 heterocycles. The normalized spacial score (nSPS) is 11.2. The van der Waals surface area contributed by atoms with Gasteiger partial charge in [-0.3, -0.25) is 14.2 Å². The zero-order valence-corrected chi connectivity index (χ0v) is 18.7. The third-order valence-electron chi connectivity index (χ3n) is 4.61. The van der Waals surface area contributed by atoms with Gasteiger partial charge in [-0.2, -0.15) is 5.10 Å². The van der Waals surface area contributed by atoms with Gasteiger partial charge < -0.3 is 0 Å². The topological polar surface area (TPSA) is 76.3 Å². The van der Waals surface area contributed by atoms with E-state index in [-0.39, 0.29) is 17.2 Å². The summed E-state index contributed by atoms with van der Waals surface area (Å²) in [6.07, 6.45) is 1.59. The van der Waals surface area contributed by atoms with Crippen molar-refractivity contribution in [2.24, 2.45) is 5.10 Å². The maximum absolute atomic E-state index is 13.2. The van der Waals surface area contributed by atoms with Crippen molar-refractivity contribution in [2.75, 3.05) is 5.75 Å². The predicted molar refractivity (Wildman–Crippen MR) is 130 cm³/mol. The van der Waals surface area contributed by atoms with E-state index in [0.29, 0.717) is 26.8 Å². The highest BCUT2D eigenvalue weighted by Crippen LogP contribution is 2.22. The van der Waals surface area contributed by atoms with Crippen LogP contribution in [0.1, 0.15) is 11.1 Å². The summed E-state index contributed by atoms with van der Waals surface area (Å²) in [6.45, 7) is 1.99. The van der Waals surface area contributed by atoms with Gasteiger partial charge >= 0.3 is 0 Å². The summed E-state index contributed by atoms with van der Waals surface area (Å²) in [5.74, 6) is -0.257. The Labute approximate surface area is 194 Å². The number of hydrogen-bond acceptors (Lipinski definition) is 5. The predicted octanol–water partition coefficient (Wildman–Crippen LogP) is 4.59. The number of hydrogen-bond donors (Lipinski definition) is 1. The Morgan fingerprint density at radius 1 is 1.12 bits per heavy atom. The van der Waals surface area contributed by atoms with Crippen molar-refractivity contribution >= 4 is 46.4 Å². The van der Waals surface area contributed by atoms with Gasteiger partial charge in [-0.05, 0) is 48.9 Å². The number of thioether (sulfide) groups is 1. The van der Waals surface area contributed by atoms with E-state index in [2.05, 4.69) is 15.5 Å². The van der Waals surface area contributed by atoms with E-state index in [4.69, 9.17) is 11.6 Å². The minimum atomic E-state index is -0.302. The van der Waals surface area contributed by atoms with E-state index in [1.807, 2.05) is 37.3 Å². The fourth-order valence-electron chi connectivity index (χ4n) is 3.12. The molecular formula is C24H19ClN4O2S. The minimum Gasteiger partial charge on any atom is -0.272 e. The number of amides is 1. The lowest BCUT2D eigenvalue weighted by Crippen LogP contribution is -2.24. The molecule has 1 N–H and O–H groups in total. The fourth-order valence-corrected chi connectivity index (χ4v) is 4.05. The van der Waals surface area contributed by atoms with Crippen LogP contribution in [-0.2, 0) is 4.79 Å². The Hall–Kier alpha value is -3.42.